The number of hydrogen-bond donors (Lipinski definition) is 2. The smallest absolute Gasteiger partial charge is 0.239 e. The summed E-state index contributed by atoms with van der Waals surface area (Å²) in [6.07, 6.45) is -0.102. The lowest BCUT2D eigenvalue weighted by atomic mass is 10.2. The Morgan fingerprint density at radius 1 is 1.41 bits per heavy atom. The van der Waals surface area contributed by atoms with Crippen LogP contribution in [0.25, 0.3) is 0 Å². The number of rotatable bonds is 6. The summed E-state index contributed by atoms with van der Waals surface area (Å²) < 4.78 is 22.8. The van der Waals surface area contributed by atoms with Gasteiger partial charge in [-0.3, -0.25) is 4.79 Å². The molecule has 2 atom stereocenters. The number of carbonyl (C=O) groups excluding carboxylic acids is 1. The number of aliphatic hydroxyl groups excluding tert-OH is 1. The molecule has 1 aromatic rings. The lowest BCUT2D eigenvalue weighted by Crippen LogP contribution is -2.44. The van der Waals surface area contributed by atoms with Crippen LogP contribution in [0.15, 0.2) is 30.3 Å². The van der Waals surface area contributed by atoms with E-state index in [1.54, 1.807) is 11.8 Å². The van der Waals surface area contributed by atoms with Crippen LogP contribution in [0.1, 0.15) is 13.3 Å². The molecule has 1 amide bonds. The van der Waals surface area contributed by atoms with Crippen molar-refractivity contribution in [3.8, 4) is 0 Å². The first-order valence-electron chi connectivity index (χ1n) is 7.33. The minimum Gasteiger partial charge on any atom is -0.392 e. The van der Waals surface area contributed by atoms with Gasteiger partial charge in [0.15, 0.2) is 9.84 Å². The Morgan fingerprint density at radius 2 is 2.09 bits per heavy atom. The van der Waals surface area contributed by atoms with Gasteiger partial charge in [-0.2, -0.15) is 0 Å². The van der Waals surface area contributed by atoms with Gasteiger partial charge in [-0.05, 0) is 25.5 Å². The van der Waals surface area contributed by atoms with E-state index in [1.165, 1.54) is 0 Å². The summed E-state index contributed by atoms with van der Waals surface area (Å²) in [5.41, 5.74) is 0.845. The fourth-order valence-corrected chi connectivity index (χ4v) is 4.25. The van der Waals surface area contributed by atoms with Crippen molar-refractivity contribution >= 4 is 21.4 Å². The molecule has 1 heterocycles. The Morgan fingerprint density at radius 3 is 2.64 bits per heavy atom. The highest BCUT2D eigenvalue weighted by Crippen LogP contribution is 2.14. The van der Waals surface area contributed by atoms with Crippen molar-refractivity contribution in [2.24, 2.45) is 0 Å². The molecular formula is C15H22N2O4S. The van der Waals surface area contributed by atoms with Gasteiger partial charge in [-0.1, -0.05) is 18.2 Å². The van der Waals surface area contributed by atoms with Gasteiger partial charge in [-0.25, -0.2) is 8.42 Å². The van der Waals surface area contributed by atoms with Gasteiger partial charge in [-0.15, -0.1) is 0 Å². The average molecular weight is 326 g/mol. The van der Waals surface area contributed by atoms with Crippen molar-refractivity contribution in [2.45, 2.75) is 25.5 Å². The Hall–Kier alpha value is -1.60. The van der Waals surface area contributed by atoms with E-state index in [9.17, 15) is 18.3 Å². The maximum Gasteiger partial charge on any atom is 0.239 e. The zero-order valence-corrected chi connectivity index (χ0v) is 13.4. The Balaban J connectivity index is 1.97. The van der Waals surface area contributed by atoms with E-state index in [0.717, 1.165) is 5.69 Å². The second-order valence-electron chi connectivity index (χ2n) is 5.73. The third-order valence-electron chi connectivity index (χ3n) is 3.54. The number of para-hydroxylation sites is 1. The molecule has 1 aliphatic rings. The summed E-state index contributed by atoms with van der Waals surface area (Å²) in [5.74, 6) is -0.0827. The van der Waals surface area contributed by atoms with E-state index in [0.29, 0.717) is 13.0 Å². The quantitative estimate of drug-likeness (QED) is 0.779. The van der Waals surface area contributed by atoms with Crippen LogP contribution < -0.4 is 10.2 Å². The maximum absolute atomic E-state index is 12.1. The van der Waals surface area contributed by atoms with E-state index in [2.05, 4.69) is 5.32 Å². The molecule has 7 heteroatoms. The van der Waals surface area contributed by atoms with E-state index >= 15 is 0 Å². The van der Waals surface area contributed by atoms with Crippen LogP contribution >= 0.6 is 0 Å². The first-order chi connectivity index (χ1) is 10.4. The zero-order chi connectivity index (χ0) is 16.2. The lowest BCUT2D eigenvalue weighted by Gasteiger charge is -2.26. The number of hydrogen-bond acceptors (Lipinski definition) is 5. The van der Waals surface area contributed by atoms with Crippen molar-refractivity contribution in [3.63, 3.8) is 0 Å². The molecule has 1 aliphatic heterocycles. The highest BCUT2D eigenvalue weighted by molar-refractivity contribution is 7.91. The molecule has 2 N–H and O–H groups in total. The second-order valence-corrected chi connectivity index (χ2v) is 7.96. The molecule has 22 heavy (non-hydrogen) atoms. The normalized spacial score (nSPS) is 21.3. The molecule has 1 aromatic carbocycles. The van der Waals surface area contributed by atoms with Gasteiger partial charge >= 0.3 is 0 Å². The fraction of sp³-hybridized carbons (Fsp3) is 0.533. The predicted molar refractivity (Wildman–Crippen MR) is 85.5 cm³/mol. The van der Waals surface area contributed by atoms with Gasteiger partial charge in [0.2, 0.25) is 5.91 Å². The molecule has 0 spiro atoms. The lowest BCUT2D eigenvalue weighted by molar-refractivity contribution is -0.120. The van der Waals surface area contributed by atoms with Gasteiger partial charge < -0.3 is 15.3 Å². The number of amides is 1. The summed E-state index contributed by atoms with van der Waals surface area (Å²) in [4.78, 5) is 13.9. The van der Waals surface area contributed by atoms with Crippen LogP contribution in [-0.4, -0.2) is 56.2 Å². The number of nitrogens with zero attached hydrogens (tertiary/aromatic N) is 1. The second kappa shape index (κ2) is 7.11. The number of benzene rings is 1. The minimum atomic E-state index is -3.01. The van der Waals surface area contributed by atoms with Crippen LogP contribution in [0, 0.1) is 0 Å². The van der Waals surface area contributed by atoms with Crippen molar-refractivity contribution in [2.75, 3.05) is 29.5 Å². The standard InChI is InChI=1S/C15H22N2O4S/c1-12(18)9-17(14-5-3-2-4-6-14)10-15(19)16-13-7-8-22(20,21)11-13/h2-6,12-13,18H,7-11H2,1H3,(H,16,19)/t12-,13+/m1/s1. The van der Waals surface area contributed by atoms with E-state index in [4.69, 9.17) is 0 Å². The Labute approximate surface area is 131 Å². The highest BCUT2D eigenvalue weighted by Gasteiger charge is 2.29. The predicted octanol–water partition coefficient (Wildman–Crippen LogP) is 0.177. The van der Waals surface area contributed by atoms with Gasteiger partial charge in [0, 0.05) is 18.3 Å². The SMILES string of the molecule is C[C@@H](O)CN(CC(=O)N[C@H]1CCS(=O)(=O)C1)c1ccccc1. The summed E-state index contributed by atoms with van der Waals surface area (Å²) in [7, 11) is -3.01. The van der Waals surface area contributed by atoms with Crippen LogP contribution in [0.3, 0.4) is 0 Å². The van der Waals surface area contributed by atoms with E-state index in [-0.39, 0.29) is 30.0 Å². The van der Waals surface area contributed by atoms with Crippen molar-refractivity contribution in [1.82, 2.24) is 5.32 Å². The minimum absolute atomic E-state index is 0.0144. The average Bonchev–Trinajstić information content (AvgIpc) is 2.77. The molecular weight excluding hydrogens is 304 g/mol. The van der Waals surface area contributed by atoms with E-state index in [1.807, 2.05) is 30.3 Å². The van der Waals surface area contributed by atoms with Gasteiger partial charge in [0.05, 0.1) is 24.2 Å². The first kappa shape index (κ1) is 16.8. The molecule has 0 aromatic heterocycles. The molecule has 0 aliphatic carbocycles. The molecule has 1 fully saturated rings. The number of anilines is 1. The fourth-order valence-electron chi connectivity index (χ4n) is 2.57. The largest absolute Gasteiger partial charge is 0.392 e. The summed E-state index contributed by atoms with van der Waals surface area (Å²) in [5, 5.41) is 12.4. The molecule has 0 radical (unpaired) electrons. The van der Waals surface area contributed by atoms with Crippen LogP contribution in [-0.2, 0) is 14.6 Å². The molecule has 122 valence electrons. The monoisotopic (exact) mass is 326 g/mol. The summed E-state index contributed by atoms with van der Waals surface area (Å²) in [6.45, 7) is 2.09. The van der Waals surface area contributed by atoms with Crippen molar-refractivity contribution in [3.05, 3.63) is 30.3 Å². The number of carbonyl (C=O) groups is 1. The molecule has 2 rings (SSSR count). The van der Waals surface area contributed by atoms with E-state index < -0.39 is 15.9 Å². The third-order valence-corrected chi connectivity index (χ3v) is 5.31. The first-order valence-corrected chi connectivity index (χ1v) is 9.16. The Kier molecular flexibility index (Phi) is 5.42. The topological polar surface area (TPSA) is 86.7 Å². The zero-order valence-electron chi connectivity index (χ0n) is 12.6. The van der Waals surface area contributed by atoms with Crippen molar-refractivity contribution < 1.29 is 18.3 Å². The number of aliphatic hydroxyl groups is 1. The van der Waals surface area contributed by atoms with Gasteiger partial charge in [0.25, 0.3) is 0 Å². The number of sulfone groups is 1. The third kappa shape index (κ3) is 4.99. The molecule has 1 saturated heterocycles. The summed E-state index contributed by atoms with van der Waals surface area (Å²) >= 11 is 0. The van der Waals surface area contributed by atoms with Crippen LogP contribution in [0.2, 0.25) is 0 Å². The van der Waals surface area contributed by atoms with Gasteiger partial charge in [0.1, 0.15) is 0 Å². The molecule has 6 nitrogen and oxygen atoms in total. The number of nitrogens with one attached hydrogen (secondary N) is 1. The Bertz CT molecular complexity index is 601. The van der Waals surface area contributed by atoms with Crippen LogP contribution in [0.5, 0.6) is 0 Å². The molecule has 0 saturated carbocycles. The van der Waals surface area contributed by atoms with Crippen LogP contribution in [0.4, 0.5) is 5.69 Å². The highest BCUT2D eigenvalue weighted by atomic mass is 32.2. The molecule has 0 bridgehead atoms. The maximum atomic E-state index is 12.1. The summed E-state index contributed by atoms with van der Waals surface area (Å²) in [6, 6.07) is 9.05. The van der Waals surface area contributed by atoms with Crippen molar-refractivity contribution in [1.29, 1.82) is 0 Å². The molecule has 0 unspecified atom stereocenters.